The number of hydrogen-bond acceptors (Lipinski definition) is 1. The second-order valence-electron chi connectivity index (χ2n) is 12.9. The predicted octanol–water partition coefficient (Wildman–Crippen LogP) is 8.28. The summed E-state index contributed by atoms with van der Waals surface area (Å²) in [5.41, 5.74) is 10.3. The van der Waals surface area contributed by atoms with Crippen molar-refractivity contribution in [3.05, 3.63) is 11.6 Å². The van der Waals surface area contributed by atoms with Crippen molar-refractivity contribution in [2.45, 2.75) is 130 Å². The molecule has 3 saturated carbocycles. The largest absolute Gasteiger partial charge is 0.324 e. The van der Waals surface area contributed by atoms with Crippen LogP contribution in [0.4, 0.5) is 0 Å². The molecular formula is C29H51N. The van der Waals surface area contributed by atoms with E-state index in [1.165, 1.54) is 89.9 Å². The molecule has 7 unspecified atom stereocenters. The van der Waals surface area contributed by atoms with Gasteiger partial charge in [0.1, 0.15) is 0 Å². The van der Waals surface area contributed by atoms with Gasteiger partial charge in [-0.05, 0) is 98.2 Å². The molecule has 0 aromatic heterocycles. The number of nitrogens with two attached hydrogens (primary N) is 1. The fraction of sp³-hybridized carbons (Fsp3) is 0.931. The Balaban J connectivity index is 1.54. The van der Waals surface area contributed by atoms with Gasteiger partial charge in [0.2, 0.25) is 0 Å². The molecule has 0 aliphatic heterocycles. The van der Waals surface area contributed by atoms with Crippen molar-refractivity contribution in [3.8, 4) is 0 Å². The number of fused-ring (bicyclic) bond motifs is 5. The Morgan fingerprint density at radius 3 is 2.57 bits per heavy atom. The third kappa shape index (κ3) is 3.74. The fourth-order valence-corrected chi connectivity index (χ4v) is 9.03. The van der Waals surface area contributed by atoms with Gasteiger partial charge in [-0.25, -0.2) is 0 Å². The Hall–Kier alpha value is -0.300. The highest BCUT2D eigenvalue weighted by Gasteiger charge is 2.62. The van der Waals surface area contributed by atoms with Gasteiger partial charge in [-0.1, -0.05) is 78.4 Å². The molecule has 2 N–H and O–H groups in total. The topological polar surface area (TPSA) is 26.0 Å². The van der Waals surface area contributed by atoms with Crippen LogP contribution in [0.25, 0.3) is 0 Å². The first-order valence-corrected chi connectivity index (χ1v) is 13.7. The van der Waals surface area contributed by atoms with Crippen LogP contribution in [-0.2, 0) is 0 Å². The summed E-state index contributed by atoms with van der Waals surface area (Å²) < 4.78 is 0. The highest BCUT2D eigenvalue weighted by Crippen LogP contribution is 2.66. The van der Waals surface area contributed by atoms with E-state index in [0.717, 1.165) is 29.6 Å². The van der Waals surface area contributed by atoms with Crippen LogP contribution < -0.4 is 5.73 Å². The van der Waals surface area contributed by atoms with Crippen molar-refractivity contribution < 1.29 is 0 Å². The SMILES string of the molecule is CCC1CCC2(C)C(=CCC3(N)C2CCC2(C)C(CCCCC(C)C)CCCC23)C1. The zero-order chi connectivity index (χ0) is 21.6. The van der Waals surface area contributed by atoms with Crippen molar-refractivity contribution in [2.75, 3.05) is 0 Å². The number of rotatable bonds is 6. The van der Waals surface area contributed by atoms with Crippen LogP contribution in [-0.4, -0.2) is 5.54 Å². The van der Waals surface area contributed by atoms with Gasteiger partial charge in [0.15, 0.2) is 0 Å². The first-order valence-electron chi connectivity index (χ1n) is 13.7. The summed E-state index contributed by atoms with van der Waals surface area (Å²) in [5, 5.41) is 0. The highest BCUT2D eigenvalue weighted by molar-refractivity contribution is 5.30. The summed E-state index contributed by atoms with van der Waals surface area (Å²) in [6, 6.07) is 0. The Morgan fingerprint density at radius 2 is 1.83 bits per heavy atom. The summed E-state index contributed by atoms with van der Waals surface area (Å²) in [4.78, 5) is 0. The predicted molar refractivity (Wildman–Crippen MR) is 130 cm³/mol. The van der Waals surface area contributed by atoms with Crippen LogP contribution >= 0.6 is 0 Å². The molecule has 7 atom stereocenters. The van der Waals surface area contributed by atoms with Crippen LogP contribution in [0, 0.1) is 40.4 Å². The molecule has 4 aliphatic carbocycles. The Bertz CT molecular complexity index is 634. The molecular weight excluding hydrogens is 362 g/mol. The van der Waals surface area contributed by atoms with Crippen LogP contribution in [0.2, 0.25) is 0 Å². The van der Waals surface area contributed by atoms with Crippen molar-refractivity contribution in [1.82, 2.24) is 0 Å². The van der Waals surface area contributed by atoms with E-state index < -0.39 is 0 Å². The fourth-order valence-electron chi connectivity index (χ4n) is 9.03. The van der Waals surface area contributed by atoms with Gasteiger partial charge in [-0.3, -0.25) is 0 Å². The number of allylic oxidation sites excluding steroid dienone is 1. The molecule has 4 rings (SSSR count). The Labute approximate surface area is 188 Å². The van der Waals surface area contributed by atoms with E-state index >= 15 is 0 Å². The van der Waals surface area contributed by atoms with Crippen LogP contribution in [0.5, 0.6) is 0 Å². The molecule has 30 heavy (non-hydrogen) atoms. The standard InChI is InChI=1S/C29H51N/c1-6-22-14-17-28(5)24(20-22)15-19-29(30)25-13-9-12-23(11-8-7-10-21(2)3)27(25,4)18-16-26(28)29/h15,21-23,25-26H,6-14,16-20,30H2,1-5H3. The molecule has 0 heterocycles. The van der Waals surface area contributed by atoms with Crippen molar-refractivity contribution in [1.29, 1.82) is 0 Å². The third-order valence-corrected chi connectivity index (χ3v) is 11.0. The molecule has 0 spiro atoms. The molecule has 1 heteroatoms. The molecule has 0 bridgehead atoms. The first kappa shape index (κ1) is 22.9. The summed E-state index contributed by atoms with van der Waals surface area (Å²) in [7, 11) is 0. The van der Waals surface area contributed by atoms with Gasteiger partial charge in [-0.2, -0.15) is 0 Å². The average molecular weight is 414 g/mol. The third-order valence-electron chi connectivity index (χ3n) is 11.0. The molecule has 0 amide bonds. The van der Waals surface area contributed by atoms with E-state index in [0.29, 0.717) is 10.8 Å². The molecule has 4 aliphatic rings. The minimum absolute atomic E-state index is 0.0565. The lowest BCUT2D eigenvalue weighted by molar-refractivity contribution is -0.111. The molecule has 0 aromatic rings. The van der Waals surface area contributed by atoms with Gasteiger partial charge in [0, 0.05) is 5.54 Å². The monoisotopic (exact) mass is 413 g/mol. The summed E-state index contributed by atoms with van der Waals surface area (Å²) in [6.45, 7) is 12.4. The molecule has 3 fully saturated rings. The first-order chi connectivity index (χ1) is 14.2. The van der Waals surface area contributed by atoms with E-state index in [-0.39, 0.29) is 5.54 Å². The van der Waals surface area contributed by atoms with Crippen LogP contribution in [0.3, 0.4) is 0 Å². The molecule has 172 valence electrons. The maximum absolute atomic E-state index is 7.58. The molecule has 0 saturated heterocycles. The highest BCUT2D eigenvalue weighted by atomic mass is 14.9. The quantitative estimate of drug-likeness (QED) is 0.344. The van der Waals surface area contributed by atoms with Crippen molar-refractivity contribution in [2.24, 2.45) is 46.2 Å². The lowest BCUT2D eigenvalue weighted by atomic mass is 9.40. The summed E-state index contributed by atoms with van der Waals surface area (Å²) in [5.74, 6) is 4.16. The van der Waals surface area contributed by atoms with Crippen LogP contribution in [0.1, 0.15) is 125 Å². The second-order valence-corrected chi connectivity index (χ2v) is 12.9. The lowest BCUT2D eigenvalue weighted by Crippen LogP contribution is -2.68. The minimum Gasteiger partial charge on any atom is -0.324 e. The normalized spacial score (nSPS) is 46.0. The molecule has 0 radical (unpaired) electrons. The van der Waals surface area contributed by atoms with Gasteiger partial charge >= 0.3 is 0 Å². The van der Waals surface area contributed by atoms with E-state index in [2.05, 4.69) is 40.7 Å². The van der Waals surface area contributed by atoms with E-state index in [4.69, 9.17) is 5.73 Å². The maximum Gasteiger partial charge on any atom is 0.0260 e. The minimum atomic E-state index is 0.0565. The lowest BCUT2D eigenvalue weighted by Gasteiger charge is -2.66. The molecule has 0 aromatic carbocycles. The number of unbranched alkanes of at least 4 members (excludes halogenated alkanes) is 1. The second kappa shape index (κ2) is 8.57. The van der Waals surface area contributed by atoms with Crippen LogP contribution in [0.15, 0.2) is 11.6 Å². The van der Waals surface area contributed by atoms with Gasteiger partial charge in [0.25, 0.3) is 0 Å². The average Bonchev–Trinajstić information content (AvgIpc) is 2.70. The Morgan fingerprint density at radius 1 is 1.03 bits per heavy atom. The van der Waals surface area contributed by atoms with Crippen molar-refractivity contribution >= 4 is 0 Å². The maximum atomic E-state index is 7.58. The zero-order valence-electron chi connectivity index (χ0n) is 20.9. The summed E-state index contributed by atoms with van der Waals surface area (Å²) in [6.07, 6.45) is 22.2. The summed E-state index contributed by atoms with van der Waals surface area (Å²) >= 11 is 0. The van der Waals surface area contributed by atoms with Gasteiger partial charge < -0.3 is 5.73 Å². The van der Waals surface area contributed by atoms with Gasteiger partial charge in [0.05, 0.1) is 0 Å². The van der Waals surface area contributed by atoms with E-state index in [1.54, 1.807) is 5.57 Å². The van der Waals surface area contributed by atoms with E-state index in [9.17, 15) is 0 Å². The Kier molecular flexibility index (Phi) is 6.53. The zero-order valence-corrected chi connectivity index (χ0v) is 20.9. The van der Waals surface area contributed by atoms with Crippen molar-refractivity contribution in [3.63, 3.8) is 0 Å². The smallest absolute Gasteiger partial charge is 0.0260 e. The van der Waals surface area contributed by atoms with Gasteiger partial charge in [-0.15, -0.1) is 0 Å². The number of hydrogen-bond donors (Lipinski definition) is 1. The molecule has 1 nitrogen and oxygen atoms in total. The van der Waals surface area contributed by atoms with E-state index in [1.807, 2.05) is 0 Å².